The average Bonchev–Trinajstić information content (AvgIpc) is 2.92. The SMILES string of the molecule is O=C(c1ccsc1)N1CCCN(c2ccncc2Cl)CC1. The largest absolute Gasteiger partial charge is 0.368 e. The molecule has 21 heavy (non-hydrogen) atoms. The van der Waals surface area contributed by atoms with Crippen molar-refractivity contribution < 1.29 is 4.79 Å². The standard InChI is InChI=1S/C15H16ClN3OS/c16-13-10-17-4-2-14(13)18-5-1-6-19(8-7-18)15(20)12-3-9-21-11-12/h2-4,9-11H,1,5-8H2. The lowest BCUT2D eigenvalue weighted by atomic mass is 10.3. The van der Waals surface area contributed by atoms with E-state index in [2.05, 4.69) is 9.88 Å². The maximum absolute atomic E-state index is 12.4. The molecule has 0 unspecified atom stereocenters. The van der Waals surface area contributed by atoms with Crippen LogP contribution in [0.2, 0.25) is 5.02 Å². The van der Waals surface area contributed by atoms with E-state index in [-0.39, 0.29) is 5.91 Å². The van der Waals surface area contributed by atoms with Gasteiger partial charge in [-0.3, -0.25) is 9.78 Å². The van der Waals surface area contributed by atoms with Gasteiger partial charge in [-0.05, 0) is 23.9 Å². The number of anilines is 1. The van der Waals surface area contributed by atoms with Crippen molar-refractivity contribution in [3.63, 3.8) is 0 Å². The molecule has 3 rings (SSSR count). The minimum Gasteiger partial charge on any atom is -0.368 e. The Labute approximate surface area is 133 Å². The fourth-order valence-corrected chi connectivity index (χ4v) is 3.42. The first-order valence-corrected chi connectivity index (χ1v) is 8.24. The quantitative estimate of drug-likeness (QED) is 0.852. The normalized spacial score (nSPS) is 15.9. The average molecular weight is 322 g/mol. The molecule has 1 saturated heterocycles. The molecule has 0 bridgehead atoms. The smallest absolute Gasteiger partial charge is 0.254 e. The molecule has 0 atom stereocenters. The molecule has 1 fully saturated rings. The van der Waals surface area contributed by atoms with Gasteiger partial charge in [-0.2, -0.15) is 11.3 Å². The van der Waals surface area contributed by atoms with Crippen LogP contribution >= 0.6 is 22.9 Å². The number of carbonyl (C=O) groups excluding carboxylic acids is 1. The van der Waals surface area contributed by atoms with Gasteiger partial charge in [0, 0.05) is 44.0 Å². The molecule has 3 heterocycles. The van der Waals surface area contributed by atoms with E-state index in [4.69, 9.17) is 11.6 Å². The molecule has 0 spiro atoms. The Kier molecular flexibility index (Phi) is 4.41. The highest BCUT2D eigenvalue weighted by atomic mass is 35.5. The number of carbonyl (C=O) groups is 1. The second kappa shape index (κ2) is 6.45. The third-order valence-corrected chi connectivity index (χ3v) is 4.62. The van der Waals surface area contributed by atoms with Crippen LogP contribution in [0.5, 0.6) is 0 Å². The van der Waals surface area contributed by atoms with Gasteiger partial charge in [-0.1, -0.05) is 11.6 Å². The maximum Gasteiger partial charge on any atom is 0.254 e. The van der Waals surface area contributed by atoms with Gasteiger partial charge in [-0.15, -0.1) is 0 Å². The van der Waals surface area contributed by atoms with Crippen molar-refractivity contribution in [1.29, 1.82) is 0 Å². The van der Waals surface area contributed by atoms with Gasteiger partial charge in [0.25, 0.3) is 5.91 Å². The van der Waals surface area contributed by atoms with E-state index in [0.29, 0.717) is 11.6 Å². The molecule has 1 amide bonds. The van der Waals surface area contributed by atoms with Crippen LogP contribution in [0.1, 0.15) is 16.8 Å². The Morgan fingerprint density at radius 3 is 2.90 bits per heavy atom. The molecule has 0 saturated carbocycles. The Bertz CT molecular complexity index is 617. The van der Waals surface area contributed by atoms with Gasteiger partial charge in [0.1, 0.15) is 0 Å². The molecule has 6 heteroatoms. The van der Waals surface area contributed by atoms with Crippen LogP contribution in [-0.4, -0.2) is 42.0 Å². The highest BCUT2D eigenvalue weighted by molar-refractivity contribution is 7.08. The van der Waals surface area contributed by atoms with Crippen molar-refractivity contribution in [1.82, 2.24) is 9.88 Å². The van der Waals surface area contributed by atoms with E-state index >= 15 is 0 Å². The van der Waals surface area contributed by atoms with Crippen LogP contribution in [0.3, 0.4) is 0 Å². The number of hydrogen-bond acceptors (Lipinski definition) is 4. The van der Waals surface area contributed by atoms with E-state index < -0.39 is 0 Å². The van der Waals surface area contributed by atoms with E-state index in [9.17, 15) is 4.79 Å². The maximum atomic E-state index is 12.4. The zero-order valence-electron chi connectivity index (χ0n) is 11.5. The minimum absolute atomic E-state index is 0.124. The lowest BCUT2D eigenvalue weighted by Crippen LogP contribution is -2.35. The minimum atomic E-state index is 0.124. The van der Waals surface area contributed by atoms with Gasteiger partial charge in [0.05, 0.1) is 16.3 Å². The number of pyridine rings is 1. The summed E-state index contributed by atoms with van der Waals surface area (Å²) in [4.78, 5) is 20.6. The topological polar surface area (TPSA) is 36.4 Å². The Morgan fingerprint density at radius 1 is 1.24 bits per heavy atom. The first-order chi connectivity index (χ1) is 10.3. The van der Waals surface area contributed by atoms with Crippen molar-refractivity contribution >= 4 is 34.5 Å². The van der Waals surface area contributed by atoms with E-state index in [1.807, 2.05) is 27.8 Å². The predicted molar refractivity (Wildman–Crippen MR) is 86.3 cm³/mol. The Morgan fingerprint density at radius 2 is 2.14 bits per heavy atom. The molecule has 110 valence electrons. The van der Waals surface area contributed by atoms with Crippen molar-refractivity contribution in [3.8, 4) is 0 Å². The summed E-state index contributed by atoms with van der Waals surface area (Å²) in [6.07, 6.45) is 4.35. The van der Waals surface area contributed by atoms with Gasteiger partial charge < -0.3 is 9.80 Å². The van der Waals surface area contributed by atoms with Crippen LogP contribution in [0.25, 0.3) is 0 Å². The third kappa shape index (κ3) is 3.19. The molecule has 0 aliphatic carbocycles. The number of nitrogens with zero attached hydrogens (tertiary/aromatic N) is 3. The van der Waals surface area contributed by atoms with Crippen molar-refractivity contribution in [2.24, 2.45) is 0 Å². The van der Waals surface area contributed by atoms with Gasteiger partial charge in [-0.25, -0.2) is 0 Å². The monoisotopic (exact) mass is 321 g/mol. The molecular formula is C15H16ClN3OS. The fraction of sp³-hybridized carbons (Fsp3) is 0.333. The summed E-state index contributed by atoms with van der Waals surface area (Å²) < 4.78 is 0. The lowest BCUT2D eigenvalue weighted by molar-refractivity contribution is 0.0767. The number of thiophene rings is 1. The summed E-state index contributed by atoms with van der Waals surface area (Å²) in [6.45, 7) is 3.19. The van der Waals surface area contributed by atoms with Crippen LogP contribution in [-0.2, 0) is 0 Å². The second-order valence-corrected chi connectivity index (χ2v) is 6.16. The summed E-state index contributed by atoms with van der Waals surface area (Å²) in [6, 6.07) is 3.81. The van der Waals surface area contributed by atoms with E-state index in [1.165, 1.54) is 0 Å². The summed E-state index contributed by atoms with van der Waals surface area (Å²) >= 11 is 7.76. The molecule has 2 aromatic heterocycles. The van der Waals surface area contributed by atoms with Crippen molar-refractivity contribution in [2.75, 3.05) is 31.1 Å². The zero-order valence-corrected chi connectivity index (χ0v) is 13.1. The van der Waals surface area contributed by atoms with E-state index in [1.54, 1.807) is 23.7 Å². The molecule has 4 nitrogen and oxygen atoms in total. The van der Waals surface area contributed by atoms with E-state index in [0.717, 1.165) is 37.3 Å². The molecule has 0 N–H and O–H groups in total. The summed E-state index contributed by atoms with van der Waals surface area (Å²) in [5, 5.41) is 4.51. The number of amides is 1. The highest BCUT2D eigenvalue weighted by Gasteiger charge is 2.21. The fourth-order valence-electron chi connectivity index (χ4n) is 2.55. The van der Waals surface area contributed by atoms with Gasteiger partial charge >= 0.3 is 0 Å². The third-order valence-electron chi connectivity index (χ3n) is 3.64. The molecule has 0 aromatic carbocycles. The molecule has 1 aliphatic rings. The molecule has 2 aromatic rings. The Balaban J connectivity index is 1.70. The van der Waals surface area contributed by atoms with Crippen LogP contribution < -0.4 is 4.90 Å². The highest BCUT2D eigenvalue weighted by Crippen LogP contribution is 2.25. The summed E-state index contributed by atoms with van der Waals surface area (Å²) in [5.74, 6) is 0.124. The zero-order chi connectivity index (χ0) is 14.7. The second-order valence-electron chi connectivity index (χ2n) is 4.97. The molecule has 0 radical (unpaired) electrons. The summed E-state index contributed by atoms with van der Waals surface area (Å²) in [5.41, 5.74) is 1.78. The van der Waals surface area contributed by atoms with Crippen molar-refractivity contribution in [2.45, 2.75) is 6.42 Å². The number of hydrogen-bond donors (Lipinski definition) is 0. The first kappa shape index (κ1) is 14.4. The number of halogens is 1. The number of aromatic nitrogens is 1. The first-order valence-electron chi connectivity index (χ1n) is 6.91. The number of rotatable bonds is 2. The summed E-state index contributed by atoms with van der Waals surface area (Å²) in [7, 11) is 0. The predicted octanol–water partition coefficient (Wildman–Crippen LogP) is 3.15. The lowest BCUT2D eigenvalue weighted by Gasteiger charge is -2.24. The van der Waals surface area contributed by atoms with Crippen molar-refractivity contribution in [3.05, 3.63) is 45.9 Å². The molecule has 1 aliphatic heterocycles. The van der Waals surface area contributed by atoms with Crippen LogP contribution in [0.4, 0.5) is 5.69 Å². The van der Waals surface area contributed by atoms with Crippen LogP contribution in [0, 0.1) is 0 Å². The van der Waals surface area contributed by atoms with Gasteiger partial charge in [0.15, 0.2) is 0 Å². The van der Waals surface area contributed by atoms with Gasteiger partial charge in [0.2, 0.25) is 0 Å². The Hall–Kier alpha value is -1.59. The molecular weight excluding hydrogens is 306 g/mol. The van der Waals surface area contributed by atoms with Crippen LogP contribution in [0.15, 0.2) is 35.3 Å².